The minimum absolute atomic E-state index is 0.144. The van der Waals surface area contributed by atoms with Gasteiger partial charge in [-0.15, -0.1) is 0 Å². The highest BCUT2D eigenvalue weighted by atomic mass is 31.2. The molecule has 1 aliphatic heterocycles. The lowest BCUT2D eigenvalue weighted by Gasteiger charge is -2.27. The second kappa shape index (κ2) is 16.1. The van der Waals surface area contributed by atoms with Crippen LogP contribution in [-0.4, -0.2) is 76.4 Å². The molecule has 0 bridgehead atoms. The summed E-state index contributed by atoms with van der Waals surface area (Å²) >= 11 is 0. The van der Waals surface area contributed by atoms with Gasteiger partial charge in [0.25, 0.3) is 0 Å². The monoisotopic (exact) mass is 646 g/mol. The molecule has 2 unspecified atom stereocenters. The number of hydrogen-bond donors (Lipinski definition) is 2. The predicted octanol–water partition coefficient (Wildman–Crippen LogP) is 4.12. The zero-order valence-electron chi connectivity index (χ0n) is 26.2. The van der Waals surface area contributed by atoms with Gasteiger partial charge >= 0.3 is 19.5 Å². The van der Waals surface area contributed by atoms with Crippen LogP contribution in [0.4, 0.5) is 5.82 Å². The maximum absolute atomic E-state index is 14.5. The fourth-order valence-corrected chi connectivity index (χ4v) is 6.24. The molecule has 0 amide bonds. The van der Waals surface area contributed by atoms with Crippen molar-refractivity contribution in [2.24, 2.45) is 11.8 Å². The summed E-state index contributed by atoms with van der Waals surface area (Å²) in [4.78, 5) is 38.6. The Morgan fingerprint density at radius 2 is 1.76 bits per heavy atom. The van der Waals surface area contributed by atoms with Crippen molar-refractivity contribution in [2.45, 2.75) is 65.1 Å². The van der Waals surface area contributed by atoms with E-state index in [9.17, 15) is 14.2 Å². The van der Waals surface area contributed by atoms with Crippen LogP contribution in [0.25, 0.3) is 11.2 Å². The number of nitrogens with two attached hydrogens (primary N) is 1. The van der Waals surface area contributed by atoms with Gasteiger partial charge in [-0.05, 0) is 36.8 Å². The number of imidazole rings is 1. The summed E-state index contributed by atoms with van der Waals surface area (Å²) in [6.07, 6.45) is 2.79. The van der Waals surface area contributed by atoms with E-state index in [0.29, 0.717) is 35.8 Å². The van der Waals surface area contributed by atoms with Crippen LogP contribution in [0.15, 0.2) is 43.0 Å². The molecule has 15 heteroatoms. The number of ether oxygens (including phenoxy) is 4. The minimum atomic E-state index is -4.02. The third kappa shape index (κ3) is 9.95. The van der Waals surface area contributed by atoms with Crippen LogP contribution in [0.2, 0.25) is 0 Å². The number of carbonyl (C=O) groups is 2. The molecule has 1 aromatic carbocycles. The zero-order valence-corrected chi connectivity index (χ0v) is 27.1. The predicted molar refractivity (Wildman–Crippen MR) is 166 cm³/mol. The summed E-state index contributed by atoms with van der Waals surface area (Å²) in [5.74, 6) is -0.207. The lowest BCUT2D eigenvalue weighted by atomic mass is 10.1. The van der Waals surface area contributed by atoms with E-state index in [1.165, 1.54) is 6.33 Å². The van der Waals surface area contributed by atoms with Crippen LogP contribution >= 0.6 is 7.52 Å². The van der Waals surface area contributed by atoms with E-state index in [-0.39, 0.29) is 44.0 Å². The fourth-order valence-electron chi connectivity index (χ4n) is 4.54. The normalized spacial score (nSPS) is 18.6. The molecular weight excluding hydrogens is 603 g/mol. The van der Waals surface area contributed by atoms with Gasteiger partial charge in [-0.2, -0.15) is 0 Å². The number of rotatable bonds is 17. The maximum atomic E-state index is 14.5. The van der Waals surface area contributed by atoms with Crippen molar-refractivity contribution in [3.8, 4) is 5.75 Å². The number of fused-ring (bicyclic) bond motifs is 1. The summed E-state index contributed by atoms with van der Waals surface area (Å²) in [5.41, 5.74) is 6.91. The van der Waals surface area contributed by atoms with Crippen LogP contribution < -0.4 is 15.3 Å². The van der Waals surface area contributed by atoms with E-state index < -0.39 is 44.4 Å². The van der Waals surface area contributed by atoms with Gasteiger partial charge in [0, 0.05) is 0 Å². The van der Waals surface area contributed by atoms with Crippen molar-refractivity contribution in [1.82, 2.24) is 24.6 Å². The van der Waals surface area contributed by atoms with Gasteiger partial charge in [0.2, 0.25) is 0 Å². The number of para-hydroxylation sites is 1. The van der Waals surface area contributed by atoms with Crippen molar-refractivity contribution in [2.75, 3.05) is 38.5 Å². The van der Waals surface area contributed by atoms with E-state index in [4.69, 9.17) is 29.2 Å². The molecule has 1 aliphatic rings. The average molecular weight is 647 g/mol. The molecule has 2 aromatic heterocycles. The Kier molecular flexibility index (Phi) is 12.3. The first-order valence-corrected chi connectivity index (χ1v) is 16.9. The first-order valence-electron chi connectivity index (χ1n) is 15.1. The highest BCUT2D eigenvalue weighted by molar-refractivity contribution is 7.57. The second-order valence-electron chi connectivity index (χ2n) is 11.7. The molecule has 3 heterocycles. The quantitative estimate of drug-likeness (QED) is 0.158. The van der Waals surface area contributed by atoms with Gasteiger partial charge in [-0.25, -0.2) is 20.0 Å². The number of nitrogens with zero attached hydrogens (tertiary/aromatic N) is 4. The summed E-state index contributed by atoms with van der Waals surface area (Å²) in [6, 6.07) is 6.82. The topological polar surface area (TPSA) is 179 Å². The zero-order chi connectivity index (χ0) is 32.4. The molecule has 246 valence electrons. The van der Waals surface area contributed by atoms with E-state index in [2.05, 4.69) is 20.0 Å². The van der Waals surface area contributed by atoms with Gasteiger partial charge < -0.3 is 33.8 Å². The second-order valence-corrected chi connectivity index (χ2v) is 13.8. The number of hydrogen-bond acceptors (Lipinski definition) is 12. The van der Waals surface area contributed by atoms with Crippen molar-refractivity contribution in [3.63, 3.8) is 0 Å². The van der Waals surface area contributed by atoms with Gasteiger partial charge in [0.15, 0.2) is 11.5 Å². The molecule has 45 heavy (non-hydrogen) atoms. The number of carbonyl (C=O) groups excluding carboxylic acids is 2. The van der Waals surface area contributed by atoms with Crippen LogP contribution in [-0.2, 0) is 33.1 Å². The maximum Gasteiger partial charge on any atom is 0.342 e. The lowest BCUT2D eigenvalue weighted by Crippen LogP contribution is -2.40. The van der Waals surface area contributed by atoms with Crippen molar-refractivity contribution >= 4 is 36.4 Å². The summed E-state index contributed by atoms with van der Waals surface area (Å²) in [5, 5.41) is 2.79. The van der Waals surface area contributed by atoms with E-state index >= 15 is 0 Å². The van der Waals surface area contributed by atoms with E-state index in [1.807, 2.05) is 27.7 Å². The Morgan fingerprint density at radius 3 is 2.47 bits per heavy atom. The average Bonchev–Trinajstić information content (AvgIpc) is 3.63. The molecule has 0 spiro atoms. The minimum Gasteiger partial charge on any atom is -0.466 e. The molecule has 3 N–H and O–H groups in total. The first kappa shape index (κ1) is 34.3. The molecule has 0 saturated carbocycles. The number of esters is 2. The van der Waals surface area contributed by atoms with Crippen molar-refractivity contribution in [1.29, 1.82) is 0 Å². The van der Waals surface area contributed by atoms with Crippen LogP contribution in [0, 0.1) is 11.8 Å². The fraction of sp³-hybridized carbons (Fsp3) is 0.567. The standard InChI is InChI=1S/C30H43N6O8P/c1-20(2)10-12-41-26(37)14-23(30(38)42-13-11-21(3)4)35-45(39,44-22-8-6-5-7-9-22)19-43-25-16-40-15-24(25)36-18-34-27-28(31)32-17-33-29(27)36/h5-9,17-18,20-21,23-25H,10-16,19H2,1-4H3,(H,35,39)(H2,31,32,33)/t23-,24?,25-,45?/m0/s1. The Balaban J connectivity index is 1.53. The Labute approximate surface area is 262 Å². The Morgan fingerprint density at radius 1 is 1.04 bits per heavy atom. The summed E-state index contributed by atoms with van der Waals surface area (Å²) in [6.45, 7) is 8.86. The molecule has 14 nitrogen and oxygen atoms in total. The molecule has 3 aromatic rings. The molecule has 0 radical (unpaired) electrons. The Bertz CT molecular complexity index is 1450. The van der Waals surface area contributed by atoms with Gasteiger partial charge in [-0.3, -0.25) is 14.2 Å². The van der Waals surface area contributed by atoms with Gasteiger partial charge in [-0.1, -0.05) is 45.9 Å². The number of anilines is 1. The van der Waals surface area contributed by atoms with Crippen LogP contribution in [0.5, 0.6) is 5.75 Å². The van der Waals surface area contributed by atoms with Gasteiger partial charge in [0.05, 0.1) is 45.2 Å². The number of nitrogen functional groups attached to an aromatic ring is 1. The van der Waals surface area contributed by atoms with Crippen LogP contribution in [0.1, 0.15) is 53.0 Å². The molecule has 1 fully saturated rings. The van der Waals surface area contributed by atoms with Crippen LogP contribution in [0.3, 0.4) is 0 Å². The van der Waals surface area contributed by atoms with E-state index in [1.54, 1.807) is 41.2 Å². The first-order chi connectivity index (χ1) is 21.5. The number of nitrogens with one attached hydrogen (secondary N) is 1. The molecule has 1 saturated heterocycles. The third-order valence-corrected chi connectivity index (χ3v) is 8.80. The highest BCUT2D eigenvalue weighted by Gasteiger charge is 2.39. The number of benzene rings is 1. The van der Waals surface area contributed by atoms with Gasteiger partial charge in [0.1, 0.15) is 36.1 Å². The highest BCUT2D eigenvalue weighted by Crippen LogP contribution is 2.45. The SMILES string of the molecule is CC(C)CCOC(=O)C[C@H](NP(=O)(CO[C@H]1COCC1n1cnc2c(N)ncnc21)Oc1ccccc1)C(=O)OCCC(C)C. The summed E-state index contributed by atoms with van der Waals surface area (Å²) < 4.78 is 44.9. The Hall–Kier alpha value is -3.58. The number of aromatic nitrogens is 4. The molecule has 4 atom stereocenters. The van der Waals surface area contributed by atoms with Crippen molar-refractivity contribution < 1.29 is 37.6 Å². The van der Waals surface area contributed by atoms with Crippen molar-refractivity contribution in [3.05, 3.63) is 43.0 Å². The lowest BCUT2D eigenvalue weighted by molar-refractivity contribution is -0.152. The summed E-state index contributed by atoms with van der Waals surface area (Å²) in [7, 11) is -4.02. The third-order valence-electron chi connectivity index (χ3n) is 7.10. The largest absolute Gasteiger partial charge is 0.466 e. The molecule has 4 rings (SSSR count). The smallest absolute Gasteiger partial charge is 0.342 e. The van der Waals surface area contributed by atoms with E-state index in [0.717, 1.165) is 0 Å². The molecular formula is C30H43N6O8P. The molecule has 0 aliphatic carbocycles.